The van der Waals surface area contributed by atoms with Crippen LogP contribution in [0.1, 0.15) is 34.1 Å². The molecule has 34 heavy (non-hydrogen) atoms. The number of benzene rings is 4. The van der Waals surface area contributed by atoms with Gasteiger partial charge in [0.15, 0.2) is 6.04 Å². The van der Waals surface area contributed by atoms with Crippen LogP contribution in [0.25, 0.3) is 21.5 Å². The van der Waals surface area contributed by atoms with E-state index in [-0.39, 0.29) is 23.3 Å². The Kier molecular flexibility index (Phi) is 3.62. The van der Waals surface area contributed by atoms with Gasteiger partial charge >= 0.3 is 0 Å². The summed E-state index contributed by atoms with van der Waals surface area (Å²) in [7, 11) is 1.61. The number of aliphatic hydroxyl groups is 1. The van der Waals surface area contributed by atoms with E-state index < -0.39 is 5.79 Å². The molecule has 3 aliphatic heterocycles. The maximum Gasteiger partial charge on any atom is 0.282 e. The molecule has 4 aromatic carbocycles. The maximum absolute atomic E-state index is 11.4. The Morgan fingerprint density at radius 2 is 1.82 bits per heavy atom. The van der Waals surface area contributed by atoms with E-state index in [0.717, 1.165) is 0 Å². The zero-order chi connectivity index (χ0) is 22.8. The van der Waals surface area contributed by atoms with Gasteiger partial charge in [-0.1, -0.05) is 70.8 Å². The highest BCUT2D eigenvalue weighted by atomic mass is 32.2. The molecule has 1 fully saturated rings. The van der Waals surface area contributed by atoms with Crippen LogP contribution in [0.3, 0.4) is 0 Å². The predicted octanol–water partition coefficient (Wildman–Crippen LogP) is 5.17. The van der Waals surface area contributed by atoms with Crippen LogP contribution < -0.4 is 0 Å². The van der Waals surface area contributed by atoms with Crippen molar-refractivity contribution in [3.05, 3.63) is 89.0 Å². The van der Waals surface area contributed by atoms with E-state index in [1.807, 2.05) is 18.1 Å². The summed E-state index contributed by atoms with van der Waals surface area (Å²) in [6.07, 6.45) is 1.95. The second-order valence-electron chi connectivity index (χ2n) is 9.91. The van der Waals surface area contributed by atoms with E-state index in [0.29, 0.717) is 0 Å². The fourth-order valence-electron chi connectivity index (χ4n) is 6.57. The Labute approximate surface area is 201 Å². The molecule has 0 aromatic heterocycles. The van der Waals surface area contributed by atoms with Crippen LogP contribution in [0.2, 0.25) is 0 Å². The lowest BCUT2D eigenvalue weighted by Gasteiger charge is -2.26. The van der Waals surface area contributed by atoms with Crippen molar-refractivity contribution in [3.8, 4) is 0 Å². The lowest BCUT2D eigenvalue weighted by atomic mass is 9.81. The summed E-state index contributed by atoms with van der Waals surface area (Å²) in [5.41, 5.74) is 6.28. The van der Waals surface area contributed by atoms with Crippen molar-refractivity contribution in [2.45, 2.75) is 40.9 Å². The van der Waals surface area contributed by atoms with Crippen LogP contribution >= 0.6 is 11.8 Å². The van der Waals surface area contributed by atoms with Crippen molar-refractivity contribution in [1.29, 1.82) is 0 Å². The average Bonchev–Trinajstić information content (AvgIpc) is 3.30. The summed E-state index contributed by atoms with van der Waals surface area (Å²) in [6, 6.07) is 24.1. The van der Waals surface area contributed by atoms with Gasteiger partial charge in [-0.3, -0.25) is 0 Å². The molecule has 0 bridgehead atoms. The first-order valence-corrected chi connectivity index (χ1v) is 12.7. The molecule has 5 unspecified atom stereocenters. The van der Waals surface area contributed by atoms with E-state index in [1.165, 1.54) is 54.4 Å². The summed E-state index contributed by atoms with van der Waals surface area (Å²) < 4.78 is 7.93. The molecular weight excluding hydrogens is 440 g/mol. The van der Waals surface area contributed by atoms with Crippen molar-refractivity contribution >= 4 is 45.4 Å². The summed E-state index contributed by atoms with van der Waals surface area (Å²) >= 11 is 1.85. The standard InChI is InChI=1S/C29H23N2O2S/c1-15-7-9-19-18(11-15)8-10-22-23(19)24-26-21-13-17-6-4-3-5-16(17)12-20(21)25-27(29(25,32)33-2)31(26)14-30-28(24)34-22/h3-14,24-25,27-28,32H,1-2H3/q+1. The Morgan fingerprint density at radius 1 is 1.00 bits per heavy atom. The van der Waals surface area contributed by atoms with Crippen molar-refractivity contribution in [3.63, 3.8) is 0 Å². The highest BCUT2D eigenvalue weighted by Crippen LogP contribution is 2.60. The Morgan fingerprint density at radius 3 is 2.65 bits per heavy atom. The van der Waals surface area contributed by atoms with Crippen molar-refractivity contribution in [2.75, 3.05) is 7.11 Å². The zero-order valence-electron chi connectivity index (χ0n) is 18.9. The van der Waals surface area contributed by atoms with Gasteiger partial charge in [0.25, 0.3) is 6.34 Å². The number of fused-ring (bicyclic) bond motifs is 12. The molecule has 8 rings (SSSR count). The van der Waals surface area contributed by atoms with Gasteiger partial charge in [-0.25, -0.2) is 4.58 Å². The van der Waals surface area contributed by atoms with E-state index in [9.17, 15) is 5.11 Å². The van der Waals surface area contributed by atoms with E-state index in [4.69, 9.17) is 9.73 Å². The number of hydrogen-bond acceptors (Lipinski definition) is 4. The minimum atomic E-state index is -1.21. The topological polar surface area (TPSA) is 44.8 Å². The van der Waals surface area contributed by atoms with Gasteiger partial charge in [0.05, 0.1) is 5.92 Å². The molecule has 5 atom stereocenters. The van der Waals surface area contributed by atoms with Gasteiger partial charge in [-0.2, -0.15) is 0 Å². The number of methoxy groups -OCH3 is 1. The second-order valence-corrected chi connectivity index (χ2v) is 11.1. The third kappa shape index (κ3) is 2.28. The van der Waals surface area contributed by atoms with Crippen LogP contribution in [0.15, 0.2) is 76.6 Å². The van der Waals surface area contributed by atoms with Crippen molar-refractivity contribution in [2.24, 2.45) is 4.99 Å². The first kappa shape index (κ1) is 19.3. The molecular formula is C29H23N2O2S+. The maximum atomic E-state index is 11.4. The molecule has 4 aromatic rings. The molecule has 0 radical (unpaired) electrons. The van der Waals surface area contributed by atoms with E-state index in [1.54, 1.807) is 7.11 Å². The molecule has 5 heteroatoms. The van der Waals surface area contributed by atoms with Gasteiger partial charge in [0.1, 0.15) is 11.6 Å². The van der Waals surface area contributed by atoms with Gasteiger partial charge in [0, 0.05) is 17.6 Å². The molecule has 166 valence electrons. The third-order valence-electron chi connectivity index (χ3n) is 8.16. The number of ether oxygens (including phenoxy) is 1. The van der Waals surface area contributed by atoms with Crippen LogP contribution in [0.4, 0.5) is 0 Å². The molecule has 1 saturated carbocycles. The number of hydrogen-bond donors (Lipinski definition) is 1. The van der Waals surface area contributed by atoms with E-state index in [2.05, 4.69) is 78.2 Å². The van der Waals surface area contributed by atoms with Crippen molar-refractivity contribution < 1.29 is 14.4 Å². The van der Waals surface area contributed by atoms with Gasteiger partial charge in [-0.05, 0) is 57.8 Å². The monoisotopic (exact) mass is 463 g/mol. The molecule has 4 aliphatic rings. The fraction of sp³-hybridized carbons (Fsp3) is 0.241. The molecule has 0 spiro atoms. The first-order chi connectivity index (χ1) is 16.6. The Balaban J connectivity index is 1.44. The summed E-state index contributed by atoms with van der Waals surface area (Å²) in [5, 5.41) is 16.5. The van der Waals surface area contributed by atoms with Gasteiger partial charge < -0.3 is 9.84 Å². The number of thioether (sulfide) groups is 1. The van der Waals surface area contributed by atoms with Crippen LogP contribution in [-0.4, -0.2) is 46.0 Å². The normalized spacial score (nSPS) is 30.1. The second kappa shape index (κ2) is 6.36. The summed E-state index contributed by atoms with van der Waals surface area (Å²) in [6.45, 7) is 2.15. The minimum absolute atomic E-state index is 0.0902. The predicted molar refractivity (Wildman–Crippen MR) is 136 cm³/mol. The highest BCUT2D eigenvalue weighted by molar-refractivity contribution is 8.00. The third-order valence-corrected chi connectivity index (χ3v) is 9.41. The molecule has 0 amide bonds. The number of nitrogens with zero attached hydrogens (tertiary/aromatic N) is 2. The SMILES string of the molecule is COC1(O)C2c3cc4ccccc4cc3C3=[N+](C=NC4Sc5ccc6cc(C)ccc6c5C34)C21. The van der Waals surface area contributed by atoms with Crippen LogP contribution in [0, 0.1) is 6.92 Å². The number of aryl methyl sites for hydroxylation is 1. The molecule has 0 saturated heterocycles. The summed E-state index contributed by atoms with van der Waals surface area (Å²) in [5.74, 6) is -1.17. The zero-order valence-corrected chi connectivity index (χ0v) is 19.7. The van der Waals surface area contributed by atoms with Crippen LogP contribution in [-0.2, 0) is 4.74 Å². The molecule has 4 nitrogen and oxygen atoms in total. The number of aliphatic imine (C=N–C) groups is 1. The highest BCUT2D eigenvalue weighted by Gasteiger charge is 2.74. The minimum Gasteiger partial charge on any atom is -0.362 e. The first-order valence-electron chi connectivity index (χ1n) is 11.8. The number of rotatable bonds is 1. The molecule has 1 N–H and O–H groups in total. The lowest BCUT2D eigenvalue weighted by molar-refractivity contribution is -0.443. The Bertz CT molecular complexity index is 1640. The average molecular weight is 464 g/mol. The fourth-order valence-corrected chi connectivity index (χ4v) is 7.85. The lowest BCUT2D eigenvalue weighted by Crippen LogP contribution is -2.40. The quantitative estimate of drug-likeness (QED) is 0.313. The molecule has 1 aliphatic carbocycles. The smallest absolute Gasteiger partial charge is 0.282 e. The van der Waals surface area contributed by atoms with E-state index >= 15 is 0 Å². The largest absolute Gasteiger partial charge is 0.362 e. The van der Waals surface area contributed by atoms with Crippen LogP contribution in [0.5, 0.6) is 0 Å². The van der Waals surface area contributed by atoms with Crippen molar-refractivity contribution in [1.82, 2.24) is 0 Å². The molecule has 3 heterocycles. The summed E-state index contributed by atoms with van der Waals surface area (Å²) in [4.78, 5) is 6.31. The van der Waals surface area contributed by atoms with Gasteiger partial charge in [0.2, 0.25) is 11.2 Å². The Hall–Kier alpha value is -2.99. The van der Waals surface area contributed by atoms with Gasteiger partial charge in [-0.15, -0.1) is 0 Å².